The van der Waals surface area contributed by atoms with Crippen molar-refractivity contribution in [3.05, 3.63) is 23.3 Å². The van der Waals surface area contributed by atoms with Crippen molar-refractivity contribution in [2.75, 3.05) is 14.1 Å². The van der Waals surface area contributed by atoms with E-state index in [0.29, 0.717) is 0 Å². The van der Waals surface area contributed by atoms with Crippen molar-refractivity contribution < 1.29 is 18.6 Å². The molecule has 2 saturated heterocycles. The van der Waals surface area contributed by atoms with Gasteiger partial charge in [-0.1, -0.05) is 17.7 Å². The van der Waals surface area contributed by atoms with Crippen LogP contribution in [0.3, 0.4) is 0 Å². The molecular formula is C22H37B2NO4. The maximum atomic E-state index is 6.40. The molecule has 2 fully saturated rings. The fourth-order valence-electron chi connectivity index (χ4n) is 3.73. The lowest BCUT2D eigenvalue weighted by Crippen LogP contribution is -2.47. The second-order valence-electron chi connectivity index (χ2n) is 10.8. The molecule has 7 heteroatoms. The number of nitrogens with zero attached hydrogens (tertiary/aromatic N) is 1. The van der Waals surface area contributed by atoms with E-state index in [0.717, 1.165) is 28.6 Å². The minimum atomic E-state index is -0.420. The van der Waals surface area contributed by atoms with Crippen molar-refractivity contribution in [3.63, 3.8) is 0 Å². The van der Waals surface area contributed by atoms with Crippen molar-refractivity contribution in [2.45, 2.75) is 91.3 Å². The summed E-state index contributed by atoms with van der Waals surface area (Å²) < 4.78 is 25.6. The number of benzene rings is 1. The summed E-state index contributed by atoms with van der Waals surface area (Å²) in [6, 6.07) is 4.35. The largest absolute Gasteiger partial charge is 0.495 e. The Balaban J connectivity index is 2.10. The van der Waals surface area contributed by atoms with Crippen molar-refractivity contribution in [1.29, 1.82) is 0 Å². The Labute approximate surface area is 177 Å². The first-order valence-corrected chi connectivity index (χ1v) is 10.6. The van der Waals surface area contributed by atoms with Crippen LogP contribution >= 0.6 is 0 Å². The Bertz CT molecular complexity index is 700. The SMILES string of the molecule is Cc1cc(B2OC(C)(C)C(C)(C)O2)c(CN(C)C)c(B2OC(C)(C)C(C)(C)O2)c1. The summed E-state index contributed by atoms with van der Waals surface area (Å²) in [5, 5.41) is 0. The molecule has 0 bridgehead atoms. The molecule has 2 aliphatic rings. The molecule has 0 amide bonds. The van der Waals surface area contributed by atoms with Crippen LogP contribution < -0.4 is 10.9 Å². The van der Waals surface area contributed by atoms with E-state index in [9.17, 15) is 0 Å². The van der Waals surface area contributed by atoms with Crippen LogP contribution in [0.15, 0.2) is 12.1 Å². The maximum absolute atomic E-state index is 6.40. The summed E-state index contributed by atoms with van der Waals surface area (Å²) in [7, 11) is 3.30. The van der Waals surface area contributed by atoms with E-state index in [2.05, 4.69) is 93.4 Å². The lowest BCUT2D eigenvalue weighted by Gasteiger charge is -2.32. The van der Waals surface area contributed by atoms with Crippen LogP contribution in [-0.2, 0) is 25.2 Å². The number of hydrogen-bond acceptors (Lipinski definition) is 5. The minimum Gasteiger partial charge on any atom is -0.399 e. The van der Waals surface area contributed by atoms with Gasteiger partial charge in [0.05, 0.1) is 22.4 Å². The molecular weight excluding hydrogens is 364 g/mol. The zero-order chi connectivity index (χ0) is 22.0. The van der Waals surface area contributed by atoms with Crippen LogP contribution in [0.4, 0.5) is 0 Å². The van der Waals surface area contributed by atoms with Gasteiger partial charge >= 0.3 is 14.2 Å². The zero-order valence-corrected chi connectivity index (χ0v) is 20.1. The number of aryl methyl sites for hydroxylation is 1. The molecule has 3 rings (SSSR count). The first-order valence-electron chi connectivity index (χ1n) is 10.6. The van der Waals surface area contributed by atoms with Gasteiger partial charge in [-0.3, -0.25) is 0 Å². The Hall–Kier alpha value is -0.850. The molecule has 0 unspecified atom stereocenters. The summed E-state index contributed by atoms with van der Waals surface area (Å²) in [6.07, 6.45) is 0. The van der Waals surface area contributed by atoms with Gasteiger partial charge in [-0.15, -0.1) is 0 Å². The zero-order valence-electron chi connectivity index (χ0n) is 20.1. The van der Waals surface area contributed by atoms with Gasteiger partial charge in [0.2, 0.25) is 0 Å². The van der Waals surface area contributed by atoms with Gasteiger partial charge in [0, 0.05) is 6.54 Å². The molecule has 5 nitrogen and oxygen atoms in total. The molecule has 1 aromatic rings. The van der Waals surface area contributed by atoms with Crippen LogP contribution in [0.2, 0.25) is 0 Å². The molecule has 0 aromatic heterocycles. The Morgan fingerprint density at radius 2 is 1.00 bits per heavy atom. The molecule has 0 aliphatic carbocycles. The highest BCUT2D eigenvalue weighted by molar-refractivity contribution is 6.67. The number of rotatable bonds is 4. The lowest BCUT2D eigenvalue weighted by molar-refractivity contribution is 0.00578. The summed E-state index contributed by atoms with van der Waals surface area (Å²) in [5.74, 6) is 0. The van der Waals surface area contributed by atoms with E-state index < -0.39 is 14.2 Å². The molecule has 0 N–H and O–H groups in total. The molecule has 0 radical (unpaired) electrons. The molecule has 160 valence electrons. The van der Waals surface area contributed by atoms with Gasteiger partial charge in [0.25, 0.3) is 0 Å². The third-order valence-corrected chi connectivity index (χ3v) is 6.95. The molecule has 29 heavy (non-hydrogen) atoms. The van der Waals surface area contributed by atoms with E-state index in [1.807, 2.05) is 0 Å². The molecule has 0 atom stereocenters. The van der Waals surface area contributed by atoms with Gasteiger partial charge in [-0.25, -0.2) is 0 Å². The molecule has 0 spiro atoms. The lowest BCUT2D eigenvalue weighted by atomic mass is 9.66. The standard InChI is InChI=1S/C22H37B2NO4/c1-15-12-17(23-26-19(2,3)20(4,5)27-23)16(14-25(10)11)18(13-15)24-28-21(6,7)22(8,9)29-24/h12-13H,14H2,1-11H3. The van der Waals surface area contributed by atoms with Gasteiger partial charge in [-0.05, 0) is 92.9 Å². The monoisotopic (exact) mass is 401 g/mol. The van der Waals surface area contributed by atoms with E-state index in [4.69, 9.17) is 18.6 Å². The van der Waals surface area contributed by atoms with E-state index in [1.54, 1.807) is 0 Å². The molecule has 1 aromatic carbocycles. The van der Waals surface area contributed by atoms with Crippen LogP contribution in [0.5, 0.6) is 0 Å². The van der Waals surface area contributed by atoms with E-state index in [-0.39, 0.29) is 22.4 Å². The highest BCUT2D eigenvalue weighted by Crippen LogP contribution is 2.38. The first-order chi connectivity index (χ1) is 13.1. The van der Waals surface area contributed by atoms with Crippen molar-refractivity contribution in [2.24, 2.45) is 0 Å². The predicted molar refractivity (Wildman–Crippen MR) is 120 cm³/mol. The van der Waals surface area contributed by atoms with E-state index >= 15 is 0 Å². The third-order valence-electron chi connectivity index (χ3n) is 6.95. The maximum Gasteiger partial charge on any atom is 0.495 e. The van der Waals surface area contributed by atoms with E-state index in [1.165, 1.54) is 0 Å². The van der Waals surface area contributed by atoms with Crippen molar-refractivity contribution in [1.82, 2.24) is 4.90 Å². The van der Waals surface area contributed by atoms with Crippen LogP contribution in [0, 0.1) is 6.92 Å². The Morgan fingerprint density at radius 3 is 1.28 bits per heavy atom. The molecule has 0 saturated carbocycles. The fourth-order valence-corrected chi connectivity index (χ4v) is 3.73. The normalized spacial score (nSPS) is 24.6. The van der Waals surface area contributed by atoms with Crippen LogP contribution in [0.1, 0.15) is 66.5 Å². The average molecular weight is 401 g/mol. The Morgan fingerprint density at radius 1 is 0.690 bits per heavy atom. The van der Waals surface area contributed by atoms with Crippen molar-refractivity contribution >= 4 is 25.2 Å². The fraction of sp³-hybridized carbons (Fsp3) is 0.727. The first kappa shape index (κ1) is 22.8. The summed E-state index contributed by atoms with van der Waals surface area (Å²) in [5.41, 5.74) is 2.86. The quantitative estimate of drug-likeness (QED) is 0.726. The van der Waals surface area contributed by atoms with Gasteiger partial charge in [0.1, 0.15) is 0 Å². The summed E-state index contributed by atoms with van der Waals surface area (Å²) in [4.78, 5) is 2.16. The van der Waals surface area contributed by atoms with Gasteiger partial charge < -0.3 is 23.5 Å². The van der Waals surface area contributed by atoms with Gasteiger partial charge in [-0.2, -0.15) is 0 Å². The third kappa shape index (κ3) is 4.05. The molecule has 2 heterocycles. The van der Waals surface area contributed by atoms with Gasteiger partial charge in [0.15, 0.2) is 0 Å². The Kier molecular flexibility index (Phi) is 5.59. The summed E-state index contributed by atoms with van der Waals surface area (Å²) in [6.45, 7) is 19.5. The number of hydrogen-bond donors (Lipinski definition) is 0. The second kappa shape index (κ2) is 7.10. The topological polar surface area (TPSA) is 40.2 Å². The van der Waals surface area contributed by atoms with Crippen LogP contribution in [-0.4, -0.2) is 55.6 Å². The highest BCUT2D eigenvalue weighted by Gasteiger charge is 2.55. The highest BCUT2D eigenvalue weighted by atomic mass is 16.7. The van der Waals surface area contributed by atoms with Crippen molar-refractivity contribution in [3.8, 4) is 0 Å². The van der Waals surface area contributed by atoms with Crippen LogP contribution in [0.25, 0.3) is 0 Å². The summed E-state index contributed by atoms with van der Waals surface area (Å²) >= 11 is 0. The molecule has 2 aliphatic heterocycles. The minimum absolute atomic E-state index is 0.388. The second-order valence-corrected chi connectivity index (χ2v) is 10.8. The smallest absolute Gasteiger partial charge is 0.399 e. The average Bonchev–Trinajstić information content (AvgIpc) is 2.87. The predicted octanol–water partition coefficient (Wildman–Crippen LogP) is 2.66.